The molecule has 1 heterocycles. The van der Waals surface area contributed by atoms with Crippen LogP contribution < -0.4 is 13.8 Å². The molecule has 1 atom stereocenters. The Labute approximate surface area is 168 Å². The number of amides is 1. The first-order valence-corrected chi connectivity index (χ1v) is 11.6. The van der Waals surface area contributed by atoms with Gasteiger partial charge in [-0.15, -0.1) is 0 Å². The molecule has 0 saturated carbocycles. The number of rotatable bonds is 5. The summed E-state index contributed by atoms with van der Waals surface area (Å²) in [4.78, 5) is 12.0. The van der Waals surface area contributed by atoms with Gasteiger partial charge in [0.15, 0.2) is 0 Å². The summed E-state index contributed by atoms with van der Waals surface area (Å²) in [5.41, 5.74) is 0.196. The molecular formula is C17H17ClN2O6S2. The minimum Gasteiger partial charge on any atom is -0.495 e. The number of carbonyl (C=O) groups excluding carboxylic acids is 1. The van der Waals surface area contributed by atoms with E-state index in [2.05, 4.69) is 4.72 Å². The van der Waals surface area contributed by atoms with Crippen molar-refractivity contribution in [2.75, 3.05) is 21.9 Å². The van der Waals surface area contributed by atoms with E-state index in [0.717, 1.165) is 6.07 Å². The van der Waals surface area contributed by atoms with Gasteiger partial charge in [0.05, 0.1) is 24.5 Å². The highest BCUT2D eigenvalue weighted by Crippen LogP contribution is 2.34. The van der Waals surface area contributed by atoms with Crippen molar-refractivity contribution >= 4 is 48.9 Å². The molecule has 2 aromatic carbocycles. The minimum atomic E-state index is -4.14. The summed E-state index contributed by atoms with van der Waals surface area (Å²) >= 11 is 5.80. The van der Waals surface area contributed by atoms with Gasteiger partial charge in [-0.25, -0.2) is 21.1 Å². The Morgan fingerprint density at radius 2 is 1.82 bits per heavy atom. The molecule has 0 bridgehead atoms. The Morgan fingerprint density at radius 3 is 2.36 bits per heavy atom. The third-order valence-corrected chi connectivity index (χ3v) is 7.65. The number of halogens is 1. The maximum Gasteiger partial charge on any atom is 0.265 e. The number of nitrogens with one attached hydrogen (secondary N) is 1. The van der Waals surface area contributed by atoms with E-state index in [9.17, 15) is 21.6 Å². The van der Waals surface area contributed by atoms with Crippen LogP contribution >= 0.6 is 11.6 Å². The van der Waals surface area contributed by atoms with E-state index in [1.54, 1.807) is 0 Å². The van der Waals surface area contributed by atoms with Crippen LogP contribution in [-0.4, -0.2) is 35.6 Å². The van der Waals surface area contributed by atoms with E-state index in [1.807, 2.05) is 0 Å². The molecule has 0 radical (unpaired) electrons. The van der Waals surface area contributed by atoms with Crippen LogP contribution in [0.15, 0.2) is 47.4 Å². The van der Waals surface area contributed by atoms with Crippen molar-refractivity contribution in [3.63, 3.8) is 0 Å². The number of methoxy groups -OCH3 is 1. The first-order chi connectivity index (χ1) is 13.0. The summed E-state index contributed by atoms with van der Waals surface area (Å²) in [5, 5.41) is 0.439. The zero-order chi connectivity index (χ0) is 20.7. The monoisotopic (exact) mass is 444 g/mol. The summed E-state index contributed by atoms with van der Waals surface area (Å²) in [6.07, 6.45) is 0. The highest BCUT2D eigenvalue weighted by Gasteiger charge is 2.42. The van der Waals surface area contributed by atoms with Crippen molar-refractivity contribution in [2.45, 2.75) is 11.8 Å². The van der Waals surface area contributed by atoms with E-state index in [1.165, 1.54) is 50.4 Å². The third kappa shape index (κ3) is 3.80. The smallest absolute Gasteiger partial charge is 0.265 e. The van der Waals surface area contributed by atoms with Crippen molar-refractivity contribution in [1.82, 2.24) is 0 Å². The molecule has 11 heteroatoms. The van der Waals surface area contributed by atoms with Crippen molar-refractivity contribution in [3.8, 4) is 5.75 Å². The molecule has 8 nitrogen and oxygen atoms in total. The maximum absolute atomic E-state index is 12.9. The highest BCUT2D eigenvalue weighted by atomic mass is 35.5. The predicted molar refractivity (Wildman–Crippen MR) is 106 cm³/mol. The number of sulfonamides is 2. The molecule has 0 aliphatic carbocycles. The van der Waals surface area contributed by atoms with Crippen LogP contribution in [-0.2, 0) is 24.8 Å². The Bertz CT molecular complexity index is 1130. The molecule has 1 aliphatic heterocycles. The van der Waals surface area contributed by atoms with E-state index < -0.39 is 31.9 Å². The van der Waals surface area contributed by atoms with Gasteiger partial charge in [-0.05, 0) is 42.5 Å². The molecule has 0 spiro atoms. The van der Waals surface area contributed by atoms with Crippen LogP contribution in [0.5, 0.6) is 5.75 Å². The topological polar surface area (TPSA) is 110 Å². The van der Waals surface area contributed by atoms with Crippen LogP contribution in [0.25, 0.3) is 0 Å². The number of benzene rings is 2. The fourth-order valence-corrected chi connectivity index (χ4v) is 6.00. The van der Waals surface area contributed by atoms with E-state index in [0.29, 0.717) is 9.33 Å². The summed E-state index contributed by atoms with van der Waals surface area (Å²) in [5.74, 6) is -1.65. The summed E-state index contributed by atoms with van der Waals surface area (Å²) in [6, 6.07) is 9.72. The molecule has 1 fully saturated rings. The minimum absolute atomic E-state index is 0.00214. The second-order valence-electron chi connectivity index (χ2n) is 6.23. The standard InChI is InChI=1S/C17H17ClN2O6S2/c1-11-10-27(22,23)20(17(11)21)14-7-8-15(26-2)16(9-14)28(24,25)19-13-5-3-12(18)4-6-13/h3-9,11,19H,10H2,1-2H3/t11-/m1/s1. The lowest BCUT2D eigenvalue weighted by atomic mass is 10.2. The van der Waals surface area contributed by atoms with Gasteiger partial charge in [-0.2, -0.15) is 0 Å². The normalized spacial score (nSPS) is 18.9. The van der Waals surface area contributed by atoms with Crippen molar-refractivity contribution in [3.05, 3.63) is 47.5 Å². The molecule has 28 heavy (non-hydrogen) atoms. The second kappa shape index (κ2) is 7.26. The zero-order valence-corrected chi connectivity index (χ0v) is 17.3. The maximum atomic E-state index is 12.9. The second-order valence-corrected chi connectivity index (χ2v) is 10.2. The van der Waals surface area contributed by atoms with Gasteiger partial charge in [-0.3, -0.25) is 9.52 Å². The Morgan fingerprint density at radius 1 is 1.18 bits per heavy atom. The first kappa shape index (κ1) is 20.4. The van der Waals surface area contributed by atoms with Gasteiger partial charge >= 0.3 is 0 Å². The van der Waals surface area contributed by atoms with Gasteiger partial charge in [-0.1, -0.05) is 18.5 Å². The number of anilines is 2. The lowest BCUT2D eigenvalue weighted by Gasteiger charge is -2.18. The molecular weight excluding hydrogens is 428 g/mol. The van der Waals surface area contributed by atoms with Crippen LogP contribution in [0.2, 0.25) is 5.02 Å². The van der Waals surface area contributed by atoms with Crippen molar-refractivity contribution in [2.24, 2.45) is 5.92 Å². The van der Waals surface area contributed by atoms with Crippen LogP contribution in [0.3, 0.4) is 0 Å². The van der Waals surface area contributed by atoms with Gasteiger partial charge in [0, 0.05) is 10.7 Å². The number of ether oxygens (including phenoxy) is 1. The molecule has 0 aromatic heterocycles. The average molecular weight is 445 g/mol. The molecule has 1 amide bonds. The van der Waals surface area contributed by atoms with Crippen LogP contribution in [0.1, 0.15) is 6.92 Å². The van der Waals surface area contributed by atoms with Gasteiger partial charge < -0.3 is 4.74 Å². The predicted octanol–water partition coefficient (Wildman–Crippen LogP) is 2.46. The quantitative estimate of drug-likeness (QED) is 0.758. The molecule has 0 unspecified atom stereocenters. The molecule has 3 rings (SSSR count). The number of hydrogen-bond donors (Lipinski definition) is 1. The van der Waals surface area contributed by atoms with E-state index in [4.69, 9.17) is 16.3 Å². The molecule has 1 saturated heterocycles. The third-order valence-electron chi connectivity index (χ3n) is 4.13. The molecule has 1 N–H and O–H groups in total. The number of nitrogens with zero attached hydrogens (tertiary/aromatic N) is 1. The van der Waals surface area contributed by atoms with Gasteiger partial charge in [0.1, 0.15) is 10.6 Å². The number of hydrogen-bond acceptors (Lipinski definition) is 6. The summed E-state index contributed by atoms with van der Waals surface area (Å²) in [7, 11) is -6.72. The van der Waals surface area contributed by atoms with E-state index >= 15 is 0 Å². The average Bonchev–Trinajstić information content (AvgIpc) is 2.83. The largest absolute Gasteiger partial charge is 0.495 e. The van der Waals surface area contributed by atoms with Gasteiger partial charge in [0.2, 0.25) is 15.9 Å². The molecule has 1 aliphatic rings. The Balaban J connectivity index is 2.06. The zero-order valence-electron chi connectivity index (χ0n) is 14.9. The highest BCUT2D eigenvalue weighted by molar-refractivity contribution is 7.94. The fraction of sp³-hybridized carbons (Fsp3) is 0.235. The SMILES string of the molecule is COc1ccc(N2C(=O)[C@H](C)CS2(=O)=O)cc1S(=O)(=O)Nc1ccc(Cl)cc1. The Hall–Kier alpha value is -2.30. The van der Waals surface area contributed by atoms with Crippen LogP contribution in [0, 0.1) is 5.92 Å². The molecule has 150 valence electrons. The van der Waals surface area contributed by atoms with Crippen molar-refractivity contribution in [1.29, 1.82) is 0 Å². The Kier molecular flexibility index (Phi) is 5.30. The summed E-state index contributed by atoms with van der Waals surface area (Å²) < 4.78 is 58.5. The molecule has 2 aromatic rings. The fourth-order valence-electron chi connectivity index (χ4n) is 2.82. The van der Waals surface area contributed by atoms with E-state index in [-0.39, 0.29) is 27.8 Å². The lowest BCUT2D eigenvalue weighted by Crippen LogP contribution is -2.30. The number of carbonyl (C=O) groups is 1. The summed E-state index contributed by atoms with van der Waals surface area (Å²) in [6.45, 7) is 1.50. The van der Waals surface area contributed by atoms with Crippen molar-refractivity contribution < 1.29 is 26.4 Å². The van der Waals surface area contributed by atoms with Crippen LogP contribution in [0.4, 0.5) is 11.4 Å². The van der Waals surface area contributed by atoms with Gasteiger partial charge in [0.25, 0.3) is 10.0 Å². The first-order valence-electron chi connectivity index (χ1n) is 8.08. The lowest BCUT2D eigenvalue weighted by molar-refractivity contribution is -0.119.